The number of aliphatic imine (C=N–C) groups is 1. The van der Waals surface area contributed by atoms with Gasteiger partial charge in [0.25, 0.3) is 0 Å². The highest BCUT2D eigenvalue weighted by atomic mass is 16.5. The predicted octanol–water partition coefficient (Wildman–Crippen LogP) is 4.64. The zero-order valence-electron chi connectivity index (χ0n) is 20.6. The summed E-state index contributed by atoms with van der Waals surface area (Å²) in [6.07, 6.45) is -0.223. The zero-order valence-corrected chi connectivity index (χ0v) is 20.6. The lowest BCUT2D eigenvalue weighted by Gasteiger charge is -2.29. The van der Waals surface area contributed by atoms with Crippen LogP contribution < -0.4 is 5.32 Å². The summed E-state index contributed by atoms with van der Waals surface area (Å²) in [6.45, 7) is 5.03. The van der Waals surface area contributed by atoms with E-state index in [1.807, 2.05) is 62.4 Å². The fourth-order valence-electron chi connectivity index (χ4n) is 5.01. The Morgan fingerprint density at radius 3 is 2.22 bits per heavy atom. The van der Waals surface area contributed by atoms with Crippen LogP contribution in [0, 0.1) is 5.41 Å². The van der Waals surface area contributed by atoms with E-state index in [1.165, 1.54) is 6.92 Å². The lowest BCUT2D eigenvalue weighted by Crippen LogP contribution is -2.37. The summed E-state index contributed by atoms with van der Waals surface area (Å²) in [5.74, 6) is -1.75. The smallest absolute Gasteiger partial charge is 0.407 e. The van der Waals surface area contributed by atoms with Crippen LogP contribution in [-0.2, 0) is 14.3 Å². The first kappa shape index (κ1) is 25.2. The Labute approximate surface area is 209 Å². The van der Waals surface area contributed by atoms with Gasteiger partial charge < -0.3 is 20.3 Å². The summed E-state index contributed by atoms with van der Waals surface area (Å²) < 4.78 is 5.45. The van der Waals surface area contributed by atoms with Gasteiger partial charge in [-0.05, 0) is 34.6 Å². The molecule has 3 N–H and O–H groups in total. The van der Waals surface area contributed by atoms with Gasteiger partial charge in [-0.2, -0.15) is 0 Å². The minimum Gasteiger partial charge on any atom is -0.511 e. The van der Waals surface area contributed by atoms with Crippen molar-refractivity contribution in [3.63, 3.8) is 0 Å². The Hall–Kier alpha value is -3.94. The number of aliphatic carboxylic acids is 1. The van der Waals surface area contributed by atoms with Gasteiger partial charge in [-0.15, -0.1) is 0 Å². The number of carboxylic acids is 1. The molecule has 8 nitrogen and oxygen atoms in total. The third-order valence-electron chi connectivity index (χ3n) is 6.63. The molecule has 2 aromatic carbocycles. The molecule has 0 aliphatic heterocycles. The number of benzene rings is 2. The molecule has 2 aliphatic rings. The van der Waals surface area contributed by atoms with Crippen molar-refractivity contribution in [3.05, 3.63) is 71.0 Å². The van der Waals surface area contributed by atoms with Crippen molar-refractivity contribution < 1.29 is 29.3 Å². The summed E-state index contributed by atoms with van der Waals surface area (Å²) in [6, 6.07) is 14.6. The number of ketones is 1. The number of Topliss-reactive ketones (excluding diaryl/α,β-unsaturated/α-hetero) is 1. The van der Waals surface area contributed by atoms with Crippen molar-refractivity contribution in [3.8, 4) is 11.1 Å². The van der Waals surface area contributed by atoms with Crippen molar-refractivity contribution >= 4 is 23.6 Å². The number of amides is 1. The molecule has 0 aromatic heterocycles. The summed E-state index contributed by atoms with van der Waals surface area (Å²) in [5.41, 5.74) is 4.18. The number of hydrogen-bond acceptors (Lipinski definition) is 6. The second kappa shape index (κ2) is 9.97. The number of aliphatic hydroxyl groups excluding tert-OH is 1. The van der Waals surface area contributed by atoms with Crippen LogP contribution in [0.3, 0.4) is 0 Å². The fraction of sp³-hybridized carbons (Fsp3) is 0.357. The molecule has 0 radical (unpaired) electrons. The molecule has 4 rings (SSSR count). The summed E-state index contributed by atoms with van der Waals surface area (Å²) in [4.78, 5) is 40.9. The van der Waals surface area contributed by atoms with Gasteiger partial charge in [-0.3, -0.25) is 9.79 Å². The molecule has 2 aliphatic carbocycles. The van der Waals surface area contributed by atoms with Gasteiger partial charge in [-0.25, -0.2) is 9.59 Å². The van der Waals surface area contributed by atoms with Crippen LogP contribution in [0.2, 0.25) is 0 Å². The number of rotatable bonds is 7. The normalized spacial score (nSPS) is 17.9. The summed E-state index contributed by atoms with van der Waals surface area (Å²) >= 11 is 0. The van der Waals surface area contributed by atoms with Gasteiger partial charge in [-0.1, -0.05) is 62.4 Å². The summed E-state index contributed by atoms with van der Waals surface area (Å²) in [5, 5.41) is 22.4. The molecule has 0 heterocycles. The van der Waals surface area contributed by atoms with Crippen LogP contribution >= 0.6 is 0 Å². The maximum Gasteiger partial charge on any atom is 0.407 e. The van der Waals surface area contributed by atoms with Crippen LogP contribution in [0.25, 0.3) is 11.1 Å². The number of nitrogens with zero attached hydrogens (tertiary/aromatic N) is 1. The molecule has 0 spiro atoms. The van der Waals surface area contributed by atoms with E-state index in [9.17, 15) is 24.6 Å². The minimum atomic E-state index is -1.34. The first-order valence-electron chi connectivity index (χ1n) is 11.9. The molecule has 1 atom stereocenters. The first-order valence-corrected chi connectivity index (χ1v) is 11.9. The Balaban J connectivity index is 1.40. The molecule has 36 heavy (non-hydrogen) atoms. The van der Waals surface area contributed by atoms with Gasteiger partial charge in [0.1, 0.15) is 12.4 Å². The molecular weight excluding hydrogens is 460 g/mol. The van der Waals surface area contributed by atoms with E-state index in [1.54, 1.807) is 0 Å². The van der Waals surface area contributed by atoms with Crippen molar-refractivity contribution in [1.82, 2.24) is 5.32 Å². The quantitative estimate of drug-likeness (QED) is 0.486. The molecule has 0 fully saturated rings. The first-order chi connectivity index (χ1) is 17.1. The molecule has 1 unspecified atom stereocenters. The van der Waals surface area contributed by atoms with Gasteiger partial charge in [0.2, 0.25) is 0 Å². The van der Waals surface area contributed by atoms with Crippen LogP contribution in [0.15, 0.2) is 64.9 Å². The fourth-order valence-corrected chi connectivity index (χ4v) is 5.01. The number of carboxylic acid groups (broad SMARTS) is 1. The molecule has 0 saturated carbocycles. The molecule has 0 bridgehead atoms. The number of carbonyl (C=O) groups is 3. The maximum absolute atomic E-state index is 12.5. The lowest BCUT2D eigenvalue weighted by molar-refractivity contribution is -0.138. The third kappa shape index (κ3) is 5.17. The number of ether oxygens (including phenoxy) is 1. The van der Waals surface area contributed by atoms with Crippen LogP contribution in [-0.4, -0.2) is 53.0 Å². The number of hydrogen-bond donors (Lipinski definition) is 3. The number of allylic oxidation sites excluding steroid dienone is 2. The van der Waals surface area contributed by atoms with E-state index in [4.69, 9.17) is 4.74 Å². The van der Waals surface area contributed by atoms with Gasteiger partial charge in [0, 0.05) is 24.5 Å². The highest BCUT2D eigenvalue weighted by molar-refractivity contribution is 6.22. The highest BCUT2D eigenvalue weighted by Gasteiger charge is 2.35. The van der Waals surface area contributed by atoms with Crippen molar-refractivity contribution in [2.45, 2.75) is 45.6 Å². The Morgan fingerprint density at radius 1 is 1.08 bits per heavy atom. The van der Waals surface area contributed by atoms with Crippen LogP contribution in [0.5, 0.6) is 0 Å². The van der Waals surface area contributed by atoms with E-state index in [0.29, 0.717) is 6.42 Å². The van der Waals surface area contributed by atoms with E-state index in [2.05, 4.69) is 10.3 Å². The molecule has 0 saturated heterocycles. The van der Waals surface area contributed by atoms with Crippen LogP contribution in [0.4, 0.5) is 4.79 Å². The third-order valence-corrected chi connectivity index (χ3v) is 6.63. The topological polar surface area (TPSA) is 125 Å². The average molecular weight is 491 g/mol. The Kier molecular flexibility index (Phi) is 6.97. The van der Waals surface area contributed by atoms with Crippen molar-refractivity contribution in [2.75, 3.05) is 13.2 Å². The minimum absolute atomic E-state index is 0.0571. The average Bonchev–Trinajstić information content (AvgIpc) is 3.12. The standard InChI is InChI=1S/C28H30N2O6/c1-16(25-23(31)12-28(2,3)13-24(25)32)30-22(26(33)34)14-29-27(35)36-15-21-19-10-6-4-8-17(19)18-9-5-7-11-20(18)21/h4-11,21-22,31H,12-15H2,1-3H3,(H,29,35)(H,33,34). The number of nitrogens with one attached hydrogen (secondary N) is 1. The number of aliphatic hydroxyl groups is 1. The second-order valence-corrected chi connectivity index (χ2v) is 10.0. The molecule has 2 aromatic rings. The van der Waals surface area contributed by atoms with Gasteiger partial charge >= 0.3 is 12.1 Å². The van der Waals surface area contributed by atoms with Gasteiger partial charge in [0.05, 0.1) is 12.1 Å². The van der Waals surface area contributed by atoms with E-state index >= 15 is 0 Å². The van der Waals surface area contributed by atoms with Crippen LogP contribution in [0.1, 0.15) is 50.7 Å². The second-order valence-electron chi connectivity index (χ2n) is 10.0. The highest BCUT2D eigenvalue weighted by Crippen LogP contribution is 2.44. The van der Waals surface area contributed by atoms with Crippen molar-refractivity contribution in [1.29, 1.82) is 0 Å². The van der Waals surface area contributed by atoms with E-state index < -0.39 is 18.1 Å². The molecule has 1 amide bonds. The number of alkyl carbamates (subject to hydrolysis) is 1. The lowest BCUT2D eigenvalue weighted by atomic mass is 9.76. The predicted molar refractivity (Wildman–Crippen MR) is 135 cm³/mol. The van der Waals surface area contributed by atoms with E-state index in [0.717, 1.165) is 22.3 Å². The molecule has 8 heteroatoms. The maximum atomic E-state index is 12.5. The van der Waals surface area contributed by atoms with Gasteiger partial charge in [0.15, 0.2) is 11.8 Å². The Bertz CT molecular complexity index is 1230. The number of carbonyl (C=O) groups excluding carboxylic acids is 2. The number of fused-ring (bicyclic) bond motifs is 3. The largest absolute Gasteiger partial charge is 0.511 e. The summed E-state index contributed by atoms with van der Waals surface area (Å²) in [7, 11) is 0. The SMILES string of the molecule is CC(=NC(CNC(=O)OCC1c2ccccc2-c2ccccc21)C(=O)O)C1=C(O)CC(C)(C)CC1=O. The van der Waals surface area contributed by atoms with Crippen molar-refractivity contribution in [2.24, 2.45) is 10.4 Å². The molecular formula is C28H30N2O6. The molecule has 188 valence electrons. The van der Waals surface area contributed by atoms with E-state index in [-0.39, 0.29) is 53.7 Å². The monoisotopic (exact) mass is 490 g/mol. The Morgan fingerprint density at radius 2 is 1.67 bits per heavy atom. The zero-order chi connectivity index (χ0) is 26.0.